The van der Waals surface area contributed by atoms with Gasteiger partial charge in [0.15, 0.2) is 0 Å². The summed E-state index contributed by atoms with van der Waals surface area (Å²) in [5.74, 6) is 1.66. The van der Waals surface area contributed by atoms with E-state index < -0.39 is 0 Å². The molecule has 19 heavy (non-hydrogen) atoms. The first-order chi connectivity index (χ1) is 9.16. The van der Waals surface area contributed by atoms with E-state index in [-0.39, 0.29) is 0 Å². The number of ether oxygens (including phenoxy) is 1. The molecule has 104 valence electrons. The molecule has 2 rings (SSSR count). The van der Waals surface area contributed by atoms with E-state index in [1.54, 1.807) is 0 Å². The normalized spacial score (nSPS) is 19.2. The Morgan fingerprint density at radius 2 is 2.37 bits per heavy atom. The Labute approximate surface area is 124 Å². The van der Waals surface area contributed by atoms with Crippen LogP contribution in [0.2, 0.25) is 0 Å². The van der Waals surface area contributed by atoms with Crippen LogP contribution in [0.25, 0.3) is 0 Å². The number of hydrogen-bond donors (Lipinski definition) is 1. The van der Waals surface area contributed by atoms with Crippen LogP contribution in [0.5, 0.6) is 5.75 Å². The highest BCUT2D eigenvalue weighted by Gasteiger charge is 2.16. The molecule has 0 amide bonds. The molecule has 1 aromatic carbocycles. The summed E-state index contributed by atoms with van der Waals surface area (Å²) in [6.07, 6.45) is 3.71. The molecule has 3 heteroatoms. The second-order valence-electron chi connectivity index (χ2n) is 5.39. The van der Waals surface area contributed by atoms with Crippen LogP contribution in [-0.2, 0) is 6.42 Å². The minimum absolute atomic E-state index is 0.576. The van der Waals surface area contributed by atoms with Gasteiger partial charge in [0.2, 0.25) is 0 Å². The van der Waals surface area contributed by atoms with E-state index >= 15 is 0 Å². The smallest absolute Gasteiger partial charge is 0.134 e. The van der Waals surface area contributed by atoms with E-state index in [4.69, 9.17) is 4.74 Å². The van der Waals surface area contributed by atoms with Gasteiger partial charge in [-0.1, -0.05) is 18.7 Å². The summed E-state index contributed by atoms with van der Waals surface area (Å²) in [7, 11) is 0. The van der Waals surface area contributed by atoms with Crippen molar-refractivity contribution in [1.82, 2.24) is 5.32 Å². The lowest BCUT2D eigenvalue weighted by molar-refractivity contribution is 0.348. The van der Waals surface area contributed by atoms with Crippen LogP contribution in [0.1, 0.15) is 25.3 Å². The van der Waals surface area contributed by atoms with Gasteiger partial charge in [0.05, 0.1) is 4.47 Å². The number of benzene rings is 1. The van der Waals surface area contributed by atoms with Crippen LogP contribution in [0.15, 0.2) is 34.8 Å². The van der Waals surface area contributed by atoms with Crippen LogP contribution in [-0.4, -0.2) is 19.7 Å². The zero-order chi connectivity index (χ0) is 13.7. The Morgan fingerprint density at radius 1 is 1.53 bits per heavy atom. The molecule has 0 aromatic heterocycles. The molecule has 1 fully saturated rings. The molecule has 1 aromatic rings. The van der Waals surface area contributed by atoms with Gasteiger partial charge in [0.25, 0.3) is 0 Å². The summed E-state index contributed by atoms with van der Waals surface area (Å²) < 4.78 is 6.86. The lowest BCUT2D eigenvalue weighted by Gasteiger charge is -2.23. The minimum atomic E-state index is 0.576. The molecule has 0 bridgehead atoms. The van der Waals surface area contributed by atoms with E-state index in [1.165, 1.54) is 24.9 Å². The molecular weight excluding hydrogens is 302 g/mol. The first-order valence-electron chi connectivity index (χ1n) is 6.92. The summed E-state index contributed by atoms with van der Waals surface area (Å²) >= 11 is 3.68. The number of nitrogens with one attached hydrogen (secondary N) is 1. The lowest BCUT2D eigenvalue weighted by Crippen LogP contribution is -2.30. The average Bonchev–Trinajstić information content (AvgIpc) is 2.41. The van der Waals surface area contributed by atoms with Crippen LogP contribution in [0.3, 0.4) is 0 Å². The molecule has 1 unspecified atom stereocenters. The summed E-state index contributed by atoms with van der Waals surface area (Å²) in [6, 6.07) is 6.27. The fraction of sp³-hybridized carbons (Fsp3) is 0.500. The largest absolute Gasteiger partial charge is 0.488 e. The molecule has 1 saturated heterocycles. The first-order valence-corrected chi connectivity index (χ1v) is 7.71. The van der Waals surface area contributed by atoms with Crippen molar-refractivity contribution < 1.29 is 4.74 Å². The predicted octanol–water partition coefficient (Wildman–Crippen LogP) is 3.95. The Kier molecular flexibility index (Phi) is 5.46. The molecule has 2 nitrogen and oxygen atoms in total. The molecule has 1 heterocycles. The van der Waals surface area contributed by atoms with Gasteiger partial charge >= 0.3 is 0 Å². The van der Waals surface area contributed by atoms with Gasteiger partial charge < -0.3 is 10.1 Å². The fourth-order valence-corrected chi connectivity index (χ4v) is 2.98. The van der Waals surface area contributed by atoms with Crippen molar-refractivity contribution in [2.45, 2.75) is 26.2 Å². The number of piperidine rings is 1. The van der Waals surface area contributed by atoms with E-state index in [0.29, 0.717) is 6.61 Å². The van der Waals surface area contributed by atoms with Crippen LogP contribution in [0.4, 0.5) is 0 Å². The minimum Gasteiger partial charge on any atom is -0.488 e. The van der Waals surface area contributed by atoms with Gasteiger partial charge in [-0.05, 0) is 78.3 Å². The van der Waals surface area contributed by atoms with Gasteiger partial charge in [-0.2, -0.15) is 0 Å². The van der Waals surface area contributed by atoms with Gasteiger partial charge in [-0.15, -0.1) is 0 Å². The van der Waals surface area contributed by atoms with Crippen LogP contribution in [0, 0.1) is 5.92 Å². The van der Waals surface area contributed by atoms with Crippen molar-refractivity contribution >= 4 is 15.9 Å². The maximum Gasteiger partial charge on any atom is 0.134 e. The second-order valence-corrected chi connectivity index (χ2v) is 6.18. The molecule has 1 N–H and O–H groups in total. The zero-order valence-electron chi connectivity index (χ0n) is 11.5. The number of hydrogen-bond acceptors (Lipinski definition) is 2. The van der Waals surface area contributed by atoms with Crippen LogP contribution < -0.4 is 10.1 Å². The van der Waals surface area contributed by atoms with Gasteiger partial charge in [0.1, 0.15) is 12.4 Å². The van der Waals surface area contributed by atoms with Crippen molar-refractivity contribution in [3.63, 3.8) is 0 Å². The van der Waals surface area contributed by atoms with Crippen molar-refractivity contribution in [2.75, 3.05) is 19.7 Å². The van der Waals surface area contributed by atoms with Crippen molar-refractivity contribution in [2.24, 2.45) is 5.92 Å². The van der Waals surface area contributed by atoms with Gasteiger partial charge in [0, 0.05) is 0 Å². The summed E-state index contributed by atoms with van der Waals surface area (Å²) in [5.41, 5.74) is 2.38. The SMILES string of the molecule is C=C(C)COc1cccc(CC2CCCNC2)c1Br. The lowest BCUT2D eigenvalue weighted by atomic mass is 9.92. The van der Waals surface area contributed by atoms with E-state index in [0.717, 1.165) is 34.7 Å². The molecule has 0 radical (unpaired) electrons. The predicted molar refractivity (Wildman–Crippen MR) is 83.7 cm³/mol. The quantitative estimate of drug-likeness (QED) is 0.828. The zero-order valence-corrected chi connectivity index (χ0v) is 13.1. The Bertz CT molecular complexity index is 438. The molecule has 0 aliphatic carbocycles. The van der Waals surface area contributed by atoms with Crippen molar-refractivity contribution in [1.29, 1.82) is 0 Å². The first kappa shape index (κ1) is 14.6. The van der Waals surface area contributed by atoms with E-state index in [9.17, 15) is 0 Å². The number of halogens is 1. The molecule has 0 spiro atoms. The van der Waals surface area contributed by atoms with Gasteiger partial charge in [-0.25, -0.2) is 0 Å². The Hall–Kier alpha value is -0.800. The summed E-state index contributed by atoms with van der Waals surface area (Å²) in [5, 5.41) is 3.47. The van der Waals surface area contributed by atoms with Crippen molar-refractivity contribution in [3.8, 4) is 5.75 Å². The van der Waals surface area contributed by atoms with Crippen molar-refractivity contribution in [3.05, 3.63) is 40.4 Å². The highest BCUT2D eigenvalue weighted by molar-refractivity contribution is 9.10. The van der Waals surface area contributed by atoms with Crippen LogP contribution >= 0.6 is 15.9 Å². The molecular formula is C16H22BrNO. The average molecular weight is 324 g/mol. The van der Waals surface area contributed by atoms with E-state index in [1.807, 2.05) is 13.0 Å². The third-order valence-corrected chi connectivity index (χ3v) is 4.32. The third kappa shape index (κ3) is 4.36. The molecule has 0 saturated carbocycles. The van der Waals surface area contributed by atoms with E-state index in [2.05, 4.69) is 40.0 Å². The standard InChI is InChI=1S/C16H22BrNO/c1-12(2)11-19-15-7-3-6-14(16(15)17)9-13-5-4-8-18-10-13/h3,6-7,13,18H,1,4-5,8-11H2,2H3. The highest BCUT2D eigenvalue weighted by atomic mass is 79.9. The van der Waals surface area contributed by atoms with Gasteiger partial charge in [-0.3, -0.25) is 0 Å². The molecule has 1 aliphatic heterocycles. The Balaban J connectivity index is 2.03. The second kappa shape index (κ2) is 7.11. The Morgan fingerprint density at radius 3 is 3.05 bits per heavy atom. The summed E-state index contributed by atoms with van der Waals surface area (Å²) in [6.45, 7) is 8.72. The summed E-state index contributed by atoms with van der Waals surface area (Å²) in [4.78, 5) is 0. The monoisotopic (exact) mass is 323 g/mol. The third-order valence-electron chi connectivity index (χ3n) is 3.42. The number of rotatable bonds is 5. The fourth-order valence-electron chi connectivity index (χ4n) is 2.44. The molecule has 1 aliphatic rings. The maximum atomic E-state index is 5.77. The topological polar surface area (TPSA) is 21.3 Å². The maximum absolute atomic E-state index is 5.77. The molecule has 1 atom stereocenters. The highest BCUT2D eigenvalue weighted by Crippen LogP contribution is 2.31.